The molecule has 3 aromatic rings. The first kappa shape index (κ1) is 18.2. The molecule has 0 radical (unpaired) electrons. The average molecular weight is 393 g/mol. The Morgan fingerprint density at radius 2 is 1.93 bits per heavy atom. The molecule has 1 heterocycles. The van der Waals surface area contributed by atoms with Gasteiger partial charge < -0.3 is 20.1 Å². The number of nitrogens with one attached hydrogen (secondary N) is 2. The molecule has 0 aliphatic carbocycles. The Balaban J connectivity index is 1.45. The number of nitrogens with zero attached hydrogens (tertiary/aromatic N) is 1. The second-order valence-corrected chi connectivity index (χ2v) is 7.09. The summed E-state index contributed by atoms with van der Waals surface area (Å²) < 4.78 is 10.5. The number of anilines is 2. The summed E-state index contributed by atoms with van der Waals surface area (Å²) >= 11 is 1.35. The first-order valence-electron chi connectivity index (χ1n) is 8.70. The van der Waals surface area contributed by atoms with Gasteiger partial charge in [0.1, 0.15) is 11.5 Å². The molecule has 28 heavy (non-hydrogen) atoms. The lowest BCUT2D eigenvalue weighted by Crippen LogP contribution is -2.19. The molecule has 0 saturated heterocycles. The van der Waals surface area contributed by atoms with Crippen LogP contribution in [0.15, 0.2) is 59.6 Å². The van der Waals surface area contributed by atoms with Crippen LogP contribution in [0.25, 0.3) is 10.8 Å². The van der Waals surface area contributed by atoms with Gasteiger partial charge in [-0.1, -0.05) is 36.0 Å². The fraction of sp³-hybridized carbons (Fsp3) is 0.143. The van der Waals surface area contributed by atoms with E-state index in [1.807, 2.05) is 24.3 Å². The van der Waals surface area contributed by atoms with Crippen molar-refractivity contribution in [1.29, 1.82) is 0 Å². The van der Waals surface area contributed by atoms with Gasteiger partial charge in [0.2, 0.25) is 5.91 Å². The molecule has 6 nitrogen and oxygen atoms in total. The minimum atomic E-state index is -0.143. The Kier molecular flexibility index (Phi) is 5.08. The first-order chi connectivity index (χ1) is 13.7. The minimum absolute atomic E-state index is 0.143. The van der Waals surface area contributed by atoms with Crippen LogP contribution >= 0.6 is 11.8 Å². The predicted molar refractivity (Wildman–Crippen MR) is 115 cm³/mol. The number of hydrogen-bond acceptors (Lipinski definition) is 6. The van der Waals surface area contributed by atoms with Crippen molar-refractivity contribution in [3.8, 4) is 11.5 Å². The second-order valence-electron chi connectivity index (χ2n) is 6.13. The Labute approximate surface area is 166 Å². The highest BCUT2D eigenvalue weighted by atomic mass is 32.2. The smallest absolute Gasteiger partial charge is 0.234 e. The molecule has 0 fully saturated rings. The maximum Gasteiger partial charge on any atom is 0.234 e. The summed E-state index contributed by atoms with van der Waals surface area (Å²) in [6.45, 7) is 0. The third-order valence-corrected chi connectivity index (χ3v) is 5.24. The maximum absolute atomic E-state index is 12.4. The Bertz CT molecular complexity index is 1080. The molecule has 0 aromatic heterocycles. The number of ether oxygens (including phenoxy) is 2. The highest BCUT2D eigenvalue weighted by Gasteiger charge is 2.16. The van der Waals surface area contributed by atoms with Gasteiger partial charge >= 0.3 is 0 Å². The van der Waals surface area contributed by atoms with Gasteiger partial charge in [0.15, 0.2) is 5.17 Å². The molecule has 0 saturated carbocycles. The van der Waals surface area contributed by atoms with E-state index in [1.165, 1.54) is 11.8 Å². The summed E-state index contributed by atoms with van der Waals surface area (Å²) in [5, 5.41) is 9.11. The lowest BCUT2D eigenvalue weighted by molar-refractivity contribution is -0.113. The highest BCUT2D eigenvalue weighted by molar-refractivity contribution is 8.14. The van der Waals surface area contributed by atoms with Crippen LogP contribution in [0.2, 0.25) is 0 Å². The number of methoxy groups -OCH3 is 2. The van der Waals surface area contributed by atoms with Gasteiger partial charge in [-0.25, -0.2) is 4.99 Å². The van der Waals surface area contributed by atoms with Crippen molar-refractivity contribution in [3.05, 3.63) is 54.6 Å². The number of aliphatic imine (C=N–C) groups is 1. The number of rotatable bonds is 5. The number of thioether (sulfide) groups is 1. The molecule has 1 amide bonds. The van der Waals surface area contributed by atoms with E-state index < -0.39 is 0 Å². The highest BCUT2D eigenvalue weighted by Crippen LogP contribution is 2.37. The molecule has 1 aliphatic rings. The maximum atomic E-state index is 12.4. The fourth-order valence-corrected chi connectivity index (χ4v) is 3.75. The number of carbonyl (C=O) groups excluding carboxylic acids is 1. The average Bonchev–Trinajstić information content (AvgIpc) is 2.73. The zero-order chi connectivity index (χ0) is 19.5. The molecule has 4 rings (SSSR count). The van der Waals surface area contributed by atoms with Crippen LogP contribution in [0.1, 0.15) is 0 Å². The van der Waals surface area contributed by atoms with Gasteiger partial charge in [-0.05, 0) is 29.7 Å². The van der Waals surface area contributed by atoms with Gasteiger partial charge in [0.25, 0.3) is 0 Å². The number of amides is 1. The van der Waals surface area contributed by atoms with Crippen LogP contribution < -0.4 is 20.1 Å². The normalized spacial score (nSPS) is 12.1. The van der Waals surface area contributed by atoms with E-state index in [0.717, 1.165) is 22.1 Å². The number of benzene rings is 3. The van der Waals surface area contributed by atoms with Crippen molar-refractivity contribution >= 4 is 50.7 Å². The van der Waals surface area contributed by atoms with Gasteiger partial charge in [-0.2, -0.15) is 0 Å². The van der Waals surface area contributed by atoms with Crippen LogP contribution in [0.3, 0.4) is 0 Å². The van der Waals surface area contributed by atoms with Gasteiger partial charge in [-0.3, -0.25) is 4.79 Å². The van der Waals surface area contributed by atoms with Gasteiger partial charge in [0.05, 0.1) is 37.0 Å². The molecule has 3 aromatic carbocycles. The largest absolute Gasteiger partial charge is 0.497 e. The Morgan fingerprint density at radius 3 is 2.71 bits per heavy atom. The Morgan fingerprint density at radius 1 is 1.11 bits per heavy atom. The van der Waals surface area contributed by atoms with Crippen molar-refractivity contribution in [2.75, 3.05) is 30.6 Å². The quantitative estimate of drug-likeness (QED) is 0.661. The second kappa shape index (κ2) is 7.82. The molecular weight excluding hydrogens is 374 g/mol. The van der Waals surface area contributed by atoms with E-state index in [0.29, 0.717) is 22.4 Å². The van der Waals surface area contributed by atoms with Crippen LogP contribution in [0, 0.1) is 0 Å². The zero-order valence-corrected chi connectivity index (χ0v) is 16.3. The van der Waals surface area contributed by atoms with E-state index in [9.17, 15) is 4.79 Å². The third kappa shape index (κ3) is 3.61. The van der Waals surface area contributed by atoms with Crippen LogP contribution in [0.4, 0.5) is 17.1 Å². The zero-order valence-electron chi connectivity index (χ0n) is 15.5. The molecule has 0 unspecified atom stereocenters. The molecule has 7 heteroatoms. The topological polar surface area (TPSA) is 72.0 Å². The monoisotopic (exact) mass is 393 g/mol. The molecule has 1 aliphatic heterocycles. The van der Waals surface area contributed by atoms with E-state index in [1.54, 1.807) is 32.4 Å². The van der Waals surface area contributed by atoms with Gasteiger partial charge in [-0.15, -0.1) is 0 Å². The van der Waals surface area contributed by atoms with E-state index in [-0.39, 0.29) is 11.7 Å². The number of amidine groups is 1. The summed E-state index contributed by atoms with van der Waals surface area (Å²) in [7, 11) is 3.14. The Hall–Kier alpha value is -3.19. The van der Waals surface area contributed by atoms with Crippen molar-refractivity contribution in [1.82, 2.24) is 0 Å². The summed E-state index contributed by atoms with van der Waals surface area (Å²) in [6.07, 6.45) is 0. The summed E-state index contributed by atoms with van der Waals surface area (Å²) in [5.41, 5.74) is 2.51. The van der Waals surface area contributed by atoms with Crippen LogP contribution in [-0.2, 0) is 4.79 Å². The van der Waals surface area contributed by atoms with Crippen LogP contribution in [0.5, 0.6) is 11.5 Å². The van der Waals surface area contributed by atoms with Crippen LogP contribution in [-0.4, -0.2) is 31.0 Å². The SMILES string of the molecule is COc1ccc(NC(=O)CSC2=Nc3cccc4cccc(c34)N2)c(OC)c1. The summed E-state index contributed by atoms with van der Waals surface area (Å²) in [6, 6.07) is 17.4. The van der Waals surface area contributed by atoms with Crippen molar-refractivity contribution in [3.63, 3.8) is 0 Å². The van der Waals surface area contributed by atoms with Crippen molar-refractivity contribution < 1.29 is 14.3 Å². The lowest BCUT2D eigenvalue weighted by atomic mass is 10.1. The fourth-order valence-electron chi connectivity index (χ4n) is 3.06. The van der Waals surface area contributed by atoms with Crippen molar-refractivity contribution in [2.45, 2.75) is 0 Å². The lowest BCUT2D eigenvalue weighted by Gasteiger charge is -2.18. The number of carbonyl (C=O) groups is 1. The van der Waals surface area contributed by atoms with E-state index in [4.69, 9.17) is 9.47 Å². The summed E-state index contributed by atoms with van der Waals surface area (Å²) in [4.78, 5) is 17.1. The van der Waals surface area contributed by atoms with E-state index >= 15 is 0 Å². The molecular formula is C21H19N3O3S. The molecule has 0 spiro atoms. The minimum Gasteiger partial charge on any atom is -0.497 e. The number of hydrogen-bond donors (Lipinski definition) is 2. The summed E-state index contributed by atoms with van der Waals surface area (Å²) in [5.74, 6) is 1.29. The predicted octanol–water partition coefficient (Wildman–Crippen LogP) is 4.64. The molecule has 0 bridgehead atoms. The molecule has 142 valence electrons. The molecule has 2 N–H and O–H groups in total. The van der Waals surface area contributed by atoms with E-state index in [2.05, 4.69) is 27.8 Å². The standard InChI is InChI=1S/C21H19N3O3S/c1-26-14-9-10-15(18(11-14)27-2)22-19(25)12-28-21-23-16-7-3-5-13-6-4-8-17(24-21)20(13)16/h3-11H,12H2,1-2H3,(H,22,25)(H,23,24). The third-order valence-electron chi connectivity index (χ3n) is 4.37. The first-order valence-corrected chi connectivity index (χ1v) is 9.68. The van der Waals surface area contributed by atoms with Gasteiger partial charge in [0, 0.05) is 11.5 Å². The molecule has 0 atom stereocenters. The van der Waals surface area contributed by atoms with Crippen molar-refractivity contribution in [2.24, 2.45) is 4.99 Å².